The Morgan fingerprint density at radius 3 is 1.45 bits per heavy atom. The van der Waals surface area contributed by atoms with Gasteiger partial charge in [0.1, 0.15) is 11.6 Å². The summed E-state index contributed by atoms with van der Waals surface area (Å²) in [5.41, 5.74) is 12.6. The van der Waals surface area contributed by atoms with Crippen LogP contribution in [0, 0.1) is 22.7 Å². The first-order chi connectivity index (χ1) is 29.7. The first kappa shape index (κ1) is 34.7. The number of aromatic nitrogens is 4. The third-order valence-electron chi connectivity index (χ3n) is 11.4. The summed E-state index contributed by atoms with van der Waals surface area (Å²) >= 11 is 0. The molecular weight excluding hydrogens is 733 g/mol. The van der Waals surface area contributed by atoms with E-state index in [0.29, 0.717) is 33.9 Å². The van der Waals surface area contributed by atoms with Crippen molar-refractivity contribution in [3.8, 4) is 68.5 Å². The Morgan fingerprint density at radius 2 is 0.883 bits per heavy atom. The van der Waals surface area contributed by atoms with Crippen LogP contribution in [0.3, 0.4) is 0 Å². The minimum absolute atomic E-state index is 0.400. The summed E-state index contributed by atoms with van der Waals surface area (Å²) in [5, 5.41) is 25.8. The van der Waals surface area contributed by atoms with E-state index in [0.717, 1.165) is 61.1 Å². The molecule has 0 aliphatic heterocycles. The second-order valence-electron chi connectivity index (χ2n) is 14.8. The van der Waals surface area contributed by atoms with Crippen molar-refractivity contribution in [1.29, 1.82) is 10.5 Å². The number of para-hydroxylation sites is 3. The molecule has 6 heteroatoms. The van der Waals surface area contributed by atoms with Crippen molar-refractivity contribution in [2.45, 2.75) is 0 Å². The normalized spacial score (nSPS) is 11.3. The average molecular weight is 765 g/mol. The summed E-state index contributed by atoms with van der Waals surface area (Å²) in [6.07, 6.45) is 0. The molecule has 278 valence electrons. The number of hydrogen-bond donors (Lipinski definition) is 0. The van der Waals surface area contributed by atoms with Gasteiger partial charge in [0.2, 0.25) is 0 Å². The third-order valence-corrected chi connectivity index (χ3v) is 11.4. The van der Waals surface area contributed by atoms with Crippen LogP contribution in [0.5, 0.6) is 0 Å². The Labute approximate surface area is 345 Å². The molecule has 0 fully saturated rings. The molecule has 60 heavy (non-hydrogen) atoms. The van der Waals surface area contributed by atoms with Gasteiger partial charge in [-0.3, -0.25) is 0 Å². The lowest BCUT2D eigenvalue weighted by Gasteiger charge is -2.13. The highest BCUT2D eigenvalue weighted by Gasteiger charge is 2.23. The second kappa shape index (κ2) is 14.1. The Hall–Kier alpha value is -8.58. The van der Waals surface area contributed by atoms with Gasteiger partial charge in [0.15, 0.2) is 5.82 Å². The number of hydrogen-bond acceptors (Lipinski definition) is 4. The quantitative estimate of drug-likeness (QED) is 0.169. The van der Waals surface area contributed by atoms with Crippen LogP contribution in [0.15, 0.2) is 194 Å². The molecule has 0 amide bonds. The highest BCUT2D eigenvalue weighted by molar-refractivity contribution is 6.29. The zero-order valence-electron chi connectivity index (χ0n) is 32.2. The summed E-state index contributed by atoms with van der Waals surface area (Å²) in [6.45, 7) is 0. The van der Waals surface area contributed by atoms with E-state index in [4.69, 9.17) is 9.97 Å². The van der Waals surface area contributed by atoms with E-state index in [1.54, 1.807) is 0 Å². The van der Waals surface area contributed by atoms with E-state index in [-0.39, 0.29) is 0 Å². The zero-order chi connectivity index (χ0) is 40.2. The lowest BCUT2D eigenvalue weighted by Crippen LogP contribution is -2.01. The Morgan fingerprint density at radius 1 is 0.383 bits per heavy atom. The lowest BCUT2D eigenvalue weighted by molar-refractivity contribution is 1.17. The van der Waals surface area contributed by atoms with Gasteiger partial charge in [-0.05, 0) is 65.7 Å². The Balaban J connectivity index is 1.12. The van der Waals surface area contributed by atoms with E-state index < -0.39 is 0 Å². The van der Waals surface area contributed by atoms with Gasteiger partial charge in [-0.2, -0.15) is 10.5 Å². The maximum atomic E-state index is 10.7. The monoisotopic (exact) mass is 764 g/mol. The van der Waals surface area contributed by atoms with Crippen LogP contribution in [-0.4, -0.2) is 19.1 Å². The minimum Gasteiger partial charge on any atom is -0.309 e. The van der Waals surface area contributed by atoms with Crippen molar-refractivity contribution < 1.29 is 0 Å². The van der Waals surface area contributed by atoms with Gasteiger partial charge in [0.25, 0.3) is 0 Å². The van der Waals surface area contributed by atoms with Gasteiger partial charge in [-0.25, -0.2) is 9.97 Å². The molecule has 0 N–H and O–H groups in total. The van der Waals surface area contributed by atoms with Crippen LogP contribution in [-0.2, 0) is 0 Å². The Bertz CT molecular complexity index is 3480. The Kier molecular flexibility index (Phi) is 8.15. The summed E-state index contributed by atoms with van der Waals surface area (Å²) in [6, 6.07) is 70.8. The first-order valence-electron chi connectivity index (χ1n) is 19.8. The number of fused-ring (bicyclic) bond motifs is 7. The molecule has 0 atom stereocenters. The summed E-state index contributed by atoms with van der Waals surface area (Å²) < 4.78 is 4.69. The highest BCUT2D eigenvalue weighted by Crippen LogP contribution is 2.44. The molecule has 3 aromatic heterocycles. The van der Waals surface area contributed by atoms with Crippen molar-refractivity contribution in [3.05, 3.63) is 205 Å². The van der Waals surface area contributed by atoms with E-state index in [9.17, 15) is 10.5 Å². The molecule has 0 saturated carbocycles. The van der Waals surface area contributed by atoms with Crippen LogP contribution in [0.25, 0.3) is 100 Å². The van der Waals surface area contributed by atoms with Crippen LogP contribution < -0.4 is 0 Å². The molecule has 0 radical (unpaired) electrons. The molecule has 11 aromatic rings. The molecule has 6 nitrogen and oxygen atoms in total. The molecule has 0 unspecified atom stereocenters. The lowest BCUT2D eigenvalue weighted by atomic mass is 9.96. The maximum absolute atomic E-state index is 10.7. The molecule has 0 aliphatic rings. The fraction of sp³-hybridized carbons (Fsp3) is 0. The average Bonchev–Trinajstić information content (AvgIpc) is 3.84. The van der Waals surface area contributed by atoms with Crippen molar-refractivity contribution >= 4 is 43.6 Å². The van der Waals surface area contributed by atoms with Gasteiger partial charge in [0, 0.05) is 49.6 Å². The molecule has 11 rings (SSSR count). The van der Waals surface area contributed by atoms with E-state index >= 15 is 0 Å². The molecule has 3 heterocycles. The fourth-order valence-electron chi connectivity index (χ4n) is 8.78. The molecule has 8 aromatic carbocycles. The van der Waals surface area contributed by atoms with Crippen molar-refractivity contribution in [2.75, 3.05) is 0 Å². The number of nitriles is 2. The minimum atomic E-state index is 0.400. The maximum Gasteiger partial charge on any atom is 0.160 e. The van der Waals surface area contributed by atoms with Gasteiger partial charge in [0.05, 0.1) is 45.1 Å². The van der Waals surface area contributed by atoms with Gasteiger partial charge in [-0.1, -0.05) is 140 Å². The SMILES string of the molecule is N#Cc1cc(-c2nc(-c3ccccc3)c(C#N)c(-c3ccccc3)n2)ccc1-c1ccc2c3c4c5ccccc5n(-c5ccccc5)c4ccc3n(-c3ccccc3)c2c1. The summed E-state index contributed by atoms with van der Waals surface area (Å²) in [4.78, 5) is 9.96. The molecule has 0 saturated heterocycles. The third kappa shape index (κ3) is 5.48. The molecular formula is C54H32N6. The van der Waals surface area contributed by atoms with Crippen LogP contribution in [0.4, 0.5) is 0 Å². The number of benzene rings is 8. The van der Waals surface area contributed by atoms with Crippen molar-refractivity contribution in [1.82, 2.24) is 19.1 Å². The van der Waals surface area contributed by atoms with Gasteiger partial charge in [-0.15, -0.1) is 0 Å². The molecule has 0 spiro atoms. The van der Waals surface area contributed by atoms with E-state index in [1.807, 2.05) is 84.9 Å². The first-order valence-corrected chi connectivity index (χ1v) is 19.8. The van der Waals surface area contributed by atoms with Crippen molar-refractivity contribution in [3.63, 3.8) is 0 Å². The summed E-state index contributed by atoms with van der Waals surface area (Å²) in [5.74, 6) is 0.438. The summed E-state index contributed by atoms with van der Waals surface area (Å²) in [7, 11) is 0. The predicted octanol–water partition coefficient (Wildman–Crippen LogP) is 13.1. The van der Waals surface area contributed by atoms with Crippen LogP contribution in [0.2, 0.25) is 0 Å². The molecule has 0 aliphatic carbocycles. The molecule has 0 bridgehead atoms. The second-order valence-corrected chi connectivity index (χ2v) is 14.8. The topological polar surface area (TPSA) is 83.2 Å². The largest absolute Gasteiger partial charge is 0.309 e. The number of nitrogens with zero attached hydrogens (tertiary/aromatic N) is 6. The van der Waals surface area contributed by atoms with Gasteiger partial charge >= 0.3 is 0 Å². The van der Waals surface area contributed by atoms with Crippen LogP contribution in [0.1, 0.15) is 11.1 Å². The predicted molar refractivity (Wildman–Crippen MR) is 242 cm³/mol. The zero-order valence-corrected chi connectivity index (χ0v) is 32.2. The van der Waals surface area contributed by atoms with Crippen LogP contribution >= 0.6 is 0 Å². The number of rotatable bonds is 6. The fourth-order valence-corrected chi connectivity index (χ4v) is 8.78. The van der Waals surface area contributed by atoms with E-state index in [1.165, 1.54) is 16.2 Å². The highest BCUT2D eigenvalue weighted by atomic mass is 15.0. The van der Waals surface area contributed by atoms with E-state index in [2.05, 4.69) is 130 Å². The van der Waals surface area contributed by atoms with Gasteiger partial charge < -0.3 is 9.13 Å². The smallest absolute Gasteiger partial charge is 0.160 e. The standard InChI is InChI=1S/C54H32N6/c55-33-39-31-38(54-57-52(35-15-5-1-6-16-35)45(34-56)53(58-54)36-17-7-2-8-18-36)26-27-42(39)37-25-28-44-49(32-37)60(41-21-11-4-12-22-41)48-30-29-47-50(51(44)48)43-23-13-14-24-46(43)59(47)40-19-9-3-10-20-40/h1-32H. The van der Waals surface area contributed by atoms with Crippen molar-refractivity contribution in [2.24, 2.45) is 0 Å².